The molecule has 1 unspecified atom stereocenters. The average Bonchev–Trinajstić information content (AvgIpc) is 3.07. The number of carbonyl (C=O) groups is 1. The lowest BCUT2D eigenvalue weighted by Crippen LogP contribution is -3.10. The third-order valence-electron chi connectivity index (χ3n) is 5.51. The van der Waals surface area contributed by atoms with Crippen molar-refractivity contribution in [1.82, 2.24) is 5.32 Å². The molecule has 4 nitrogen and oxygen atoms in total. The monoisotopic (exact) mass is 410 g/mol. The summed E-state index contributed by atoms with van der Waals surface area (Å²) >= 11 is 7.73. The molecule has 28 heavy (non-hydrogen) atoms. The highest BCUT2D eigenvalue weighted by Gasteiger charge is 2.34. The largest absolute Gasteiger partial charge is 0.353 e. The summed E-state index contributed by atoms with van der Waals surface area (Å²) in [7, 11) is 0. The fourth-order valence-electron chi connectivity index (χ4n) is 4.11. The number of hydrogen-bond acceptors (Lipinski definition) is 3. The maximum absolute atomic E-state index is 12.9. The molecule has 0 radical (unpaired) electrons. The van der Waals surface area contributed by atoms with Crippen LogP contribution in [0.4, 0.5) is 5.00 Å². The van der Waals surface area contributed by atoms with Gasteiger partial charge in [0.2, 0.25) is 0 Å². The highest BCUT2D eigenvalue weighted by atomic mass is 35.5. The average molecular weight is 411 g/mol. The Labute approximate surface area is 173 Å². The van der Waals surface area contributed by atoms with Crippen molar-refractivity contribution >= 4 is 33.8 Å². The van der Waals surface area contributed by atoms with Crippen LogP contribution in [0.25, 0.3) is 0 Å². The molecular formula is C22H21ClN3OS+. The second-order valence-corrected chi connectivity index (χ2v) is 8.94. The molecule has 1 amide bonds. The van der Waals surface area contributed by atoms with Gasteiger partial charge in [-0.1, -0.05) is 54.1 Å². The molecule has 1 aromatic heterocycles. The molecule has 3 heterocycles. The summed E-state index contributed by atoms with van der Waals surface area (Å²) in [5, 5.41) is 8.31. The first-order valence-electron chi connectivity index (χ1n) is 9.52. The van der Waals surface area contributed by atoms with Gasteiger partial charge in [0.05, 0.1) is 17.0 Å². The number of halogens is 1. The number of carbonyl (C=O) groups excluding carboxylic acids is 1. The Morgan fingerprint density at radius 3 is 2.64 bits per heavy atom. The number of anilines is 1. The van der Waals surface area contributed by atoms with E-state index in [0.717, 1.165) is 42.2 Å². The topological polar surface area (TPSA) is 45.6 Å². The zero-order valence-electron chi connectivity index (χ0n) is 15.3. The van der Waals surface area contributed by atoms with Crippen LogP contribution >= 0.6 is 22.9 Å². The smallest absolute Gasteiger partial charge is 0.256 e. The molecule has 6 heteroatoms. The predicted molar refractivity (Wildman–Crippen MR) is 113 cm³/mol. The van der Waals surface area contributed by atoms with Crippen LogP contribution in [-0.2, 0) is 19.5 Å². The van der Waals surface area contributed by atoms with E-state index >= 15 is 0 Å². The predicted octanol–water partition coefficient (Wildman–Crippen LogP) is 3.40. The van der Waals surface area contributed by atoms with Crippen molar-refractivity contribution in [1.29, 1.82) is 0 Å². The molecule has 2 aromatic carbocycles. The number of hydrogen-bond donors (Lipinski definition) is 3. The number of rotatable bonds is 3. The molecule has 3 aromatic rings. The number of amides is 1. The normalized spacial score (nSPS) is 20.7. The fourth-order valence-corrected chi connectivity index (χ4v) is 5.58. The first-order chi connectivity index (χ1) is 13.7. The SMILES string of the molecule is O=C1N[C@H](c2ccc(Cl)cc2)Nc2sc3c(c21)CC[NH+](Cc1ccccc1)C3. The van der Waals surface area contributed by atoms with E-state index in [2.05, 4.69) is 41.0 Å². The first-order valence-corrected chi connectivity index (χ1v) is 10.7. The number of fused-ring (bicyclic) bond motifs is 3. The van der Waals surface area contributed by atoms with Crippen molar-refractivity contribution < 1.29 is 9.69 Å². The van der Waals surface area contributed by atoms with Crippen LogP contribution in [0.1, 0.15) is 38.1 Å². The Morgan fingerprint density at radius 1 is 1.07 bits per heavy atom. The Hall–Kier alpha value is -2.34. The first kappa shape index (κ1) is 17.7. The van der Waals surface area contributed by atoms with E-state index in [1.165, 1.54) is 16.0 Å². The molecule has 2 atom stereocenters. The molecular weight excluding hydrogens is 390 g/mol. The van der Waals surface area contributed by atoms with E-state index in [4.69, 9.17) is 11.6 Å². The summed E-state index contributed by atoms with van der Waals surface area (Å²) in [6.45, 7) is 3.05. The summed E-state index contributed by atoms with van der Waals surface area (Å²) in [6, 6.07) is 18.2. The van der Waals surface area contributed by atoms with E-state index in [1.54, 1.807) is 16.2 Å². The van der Waals surface area contributed by atoms with Crippen LogP contribution in [0, 0.1) is 0 Å². The Balaban J connectivity index is 1.38. The van der Waals surface area contributed by atoms with E-state index in [9.17, 15) is 4.79 Å². The van der Waals surface area contributed by atoms with Gasteiger partial charge in [-0.3, -0.25) is 4.79 Å². The van der Waals surface area contributed by atoms with Crippen LogP contribution in [-0.4, -0.2) is 12.5 Å². The van der Waals surface area contributed by atoms with Crippen LogP contribution < -0.4 is 15.5 Å². The van der Waals surface area contributed by atoms with Crippen molar-refractivity contribution in [2.45, 2.75) is 25.7 Å². The third-order valence-corrected chi connectivity index (χ3v) is 6.92. The van der Waals surface area contributed by atoms with E-state index in [1.807, 2.05) is 24.3 Å². The zero-order valence-corrected chi connectivity index (χ0v) is 16.9. The van der Waals surface area contributed by atoms with Gasteiger partial charge in [-0.15, -0.1) is 11.3 Å². The molecule has 0 saturated carbocycles. The number of benzene rings is 2. The summed E-state index contributed by atoms with van der Waals surface area (Å²) in [6.07, 6.45) is 0.731. The fraction of sp³-hybridized carbons (Fsp3) is 0.227. The highest BCUT2D eigenvalue weighted by Crippen LogP contribution is 2.39. The molecule has 0 saturated heterocycles. The summed E-state index contributed by atoms with van der Waals surface area (Å²) in [5.41, 5.74) is 4.45. The van der Waals surface area contributed by atoms with Crippen LogP contribution in [0.15, 0.2) is 54.6 Å². The lowest BCUT2D eigenvalue weighted by molar-refractivity contribution is -0.929. The molecule has 5 rings (SSSR count). The Morgan fingerprint density at radius 2 is 1.86 bits per heavy atom. The Kier molecular flexibility index (Phi) is 4.59. The minimum Gasteiger partial charge on any atom is -0.353 e. The minimum absolute atomic E-state index is 0.0257. The van der Waals surface area contributed by atoms with Crippen molar-refractivity contribution in [2.75, 3.05) is 11.9 Å². The molecule has 0 bridgehead atoms. The number of quaternary nitrogens is 1. The van der Waals surface area contributed by atoms with Crippen molar-refractivity contribution in [3.63, 3.8) is 0 Å². The van der Waals surface area contributed by atoms with Crippen molar-refractivity contribution in [3.8, 4) is 0 Å². The van der Waals surface area contributed by atoms with Gasteiger partial charge in [-0.25, -0.2) is 0 Å². The van der Waals surface area contributed by atoms with Gasteiger partial charge in [-0.05, 0) is 23.3 Å². The van der Waals surface area contributed by atoms with E-state index in [0.29, 0.717) is 5.02 Å². The summed E-state index contributed by atoms with van der Waals surface area (Å²) in [4.78, 5) is 15.7. The number of thiophene rings is 1. The second-order valence-electron chi connectivity index (χ2n) is 7.40. The van der Waals surface area contributed by atoms with Gasteiger partial charge >= 0.3 is 0 Å². The van der Waals surface area contributed by atoms with Crippen molar-refractivity contribution in [2.24, 2.45) is 0 Å². The number of nitrogens with one attached hydrogen (secondary N) is 3. The maximum atomic E-state index is 12.9. The minimum atomic E-state index is -0.217. The summed E-state index contributed by atoms with van der Waals surface area (Å²) in [5.74, 6) is 0.0257. The van der Waals surface area contributed by atoms with Gasteiger partial charge in [0.1, 0.15) is 24.3 Å². The van der Waals surface area contributed by atoms with Crippen LogP contribution in [0.3, 0.4) is 0 Å². The molecule has 0 spiro atoms. The van der Waals surface area contributed by atoms with Crippen LogP contribution in [0.5, 0.6) is 0 Å². The van der Waals surface area contributed by atoms with Gasteiger partial charge in [0.15, 0.2) is 0 Å². The molecule has 2 aliphatic rings. The quantitative estimate of drug-likeness (QED) is 0.619. The molecule has 2 aliphatic heterocycles. The lowest BCUT2D eigenvalue weighted by atomic mass is 10.00. The van der Waals surface area contributed by atoms with Crippen molar-refractivity contribution in [3.05, 3.63) is 86.8 Å². The molecule has 3 N–H and O–H groups in total. The lowest BCUT2D eigenvalue weighted by Gasteiger charge is -2.27. The van der Waals surface area contributed by atoms with Gasteiger partial charge in [-0.2, -0.15) is 0 Å². The van der Waals surface area contributed by atoms with Crippen LogP contribution in [0.2, 0.25) is 5.02 Å². The standard InChI is InChI=1S/C22H20ClN3OS/c23-16-8-6-15(7-9-16)20-24-21(27)19-17-10-11-26(12-14-4-2-1-3-5-14)13-18(17)28-22(19)25-20/h1-9,20,25H,10-13H2,(H,24,27)/p+1/t20-/m0/s1. The Bertz CT molecular complexity index is 1020. The summed E-state index contributed by atoms with van der Waals surface area (Å²) < 4.78 is 0. The van der Waals surface area contributed by atoms with Gasteiger partial charge < -0.3 is 15.5 Å². The van der Waals surface area contributed by atoms with E-state index < -0.39 is 0 Å². The zero-order chi connectivity index (χ0) is 19.1. The van der Waals surface area contributed by atoms with Gasteiger partial charge in [0, 0.05) is 17.0 Å². The highest BCUT2D eigenvalue weighted by molar-refractivity contribution is 7.16. The second kappa shape index (κ2) is 7.24. The van der Waals surface area contributed by atoms with E-state index in [-0.39, 0.29) is 12.1 Å². The molecule has 0 fully saturated rings. The molecule has 142 valence electrons. The maximum Gasteiger partial charge on any atom is 0.256 e. The van der Waals surface area contributed by atoms with Gasteiger partial charge in [0.25, 0.3) is 5.91 Å². The third kappa shape index (κ3) is 3.30. The molecule has 0 aliphatic carbocycles.